The van der Waals surface area contributed by atoms with Gasteiger partial charge >= 0.3 is 6.09 Å². The van der Waals surface area contributed by atoms with Gasteiger partial charge < -0.3 is 4.74 Å². The number of amides is 1. The van der Waals surface area contributed by atoms with E-state index in [0.29, 0.717) is 24.9 Å². The highest BCUT2D eigenvalue weighted by atomic mass is 19.1. The lowest BCUT2D eigenvalue weighted by Gasteiger charge is -2.18. The zero-order chi connectivity index (χ0) is 13.7. The van der Waals surface area contributed by atoms with Crippen LogP contribution in [0.4, 0.5) is 14.9 Å². The van der Waals surface area contributed by atoms with Crippen LogP contribution in [-0.2, 0) is 9.53 Å². The molecule has 1 aromatic carbocycles. The summed E-state index contributed by atoms with van der Waals surface area (Å²) < 4.78 is 18.8. The first-order valence-electron chi connectivity index (χ1n) is 6.33. The van der Waals surface area contributed by atoms with Crippen molar-refractivity contribution in [3.63, 3.8) is 0 Å². The summed E-state index contributed by atoms with van der Waals surface area (Å²) in [6.45, 7) is 0. The number of Topliss-reactive ketones (excluding diaryl/α,β-unsaturated/α-hetero) is 1. The molecule has 0 heterocycles. The maximum absolute atomic E-state index is 13.7. The van der Waals surface area contributed by atoms with Gasteiger partial charge in [0.1, 0.15) is 18.1 Å². The third-order valence-corrected chi connectivity index (χ3v) is 3.05. The Bertz CT molecular complexity index is 449. The standard InChI is InChI=1S/C14H16FNO3/c15-12-9-11(17)7-4-8-13(12)19-14(18)16-10-5-2-1-3-6-10/h1-3,5-6,12-13H,4,7-9H2,(H,16,18)/t12-,13-/m1/s1. The summed E-state index contributed by atoms with van der Waals surface area (Å²) in [4.78, 5) is 22.9. The number of ketones is 1. The Kier molecular flexibility index (Phi) is 4.49. The molecule has 102 valence electrons. The fourth-order valence-electron chi connectivity index (χ4n) is 2.07. The summed E-state index contributed by atoms with van der Waals surface area (Å²) in [6, 6.07) is 8.80. The molecule has 1 amide bonds. The van der Waals surface area contributed by atoms with Crippen molar-refractivity contribution in [3.8, 4) is 0 Å². The summed E-state index contributed by atoms with van der Waals surface area (Å²) in [7, 11) is 0. The van der Waals surface area contributed by atoms with Gasteiger partial charge in [-0.1, -0.05) is 18.2 Å². The minimum Gasteiger partial charge on any atom is -0.443 e. The smallest absolute Gasteiger partial charge is 0.411 e. The van der Waals surface area contributed by atoms with Crippen molar-refractivity contribution in [1.82, 2.24) is 0 Å². The van der Waals surface area contributed by atoms with Crippen LogP contribution in [0.25, 0.3) is 0 Å². The minimum absolute atomic E-state index is 0.109. The lowest BCUT2D eigenvalue weighted by Crippen LogP contribution is -2.30. The molecular formula is C14H16FNO3. The van der Waals surface area contributed by atoms with E-state index in [0.717, 1.165) is 0 Å². The molecule has 2 rings (SSSR count). The zero-order valence-corrected chi connectivity index (χ0v) is 10.5. The largest absolute Gasteiger partial charge is 0.443 e. The molecule has 2 atom stereocenters. The predicted octanol–water partition coefficient (Wildman–Crippen LogP) is 3.08. The van der Waals surface area contributed by atoms with E-state index in [1.807, 2.05) is 6.07 Å². The first-order valence-corrected chi connectivity index (χ1v) is 6.33. The monoisotopic (exact) mass is 265 g/mol. The molecule has 0 aromatic heterocycles. The topological polar surface area (TPSA) is 55.4 Å². The minimum atomic E-state index is -1.41. The quantitative estimate of drug-likeness (QED) is 0.836. The van der Waals surface area contributed by atoms with Gasteiger partial charge in [0.15, 0.2) is 0 Å². The molecule has 1 aromatic rings. The number of hydrogen-bond acceptors (Lipinski definition) is 3. The first-order chi connectivity index (χ1) is 9.15. The number of benzene rings is 1. The fraction of sp³-hybridized carbons (Fsp3) is 0.429. The lowest BCUT2D eigenvalue weighted by molar-refractivity contribution is -0.120. The second kappa shape index (κ2) is 6.31. The molecule has 1 aliphatic carbocycles. The average molecular weight is 265 g/mol. The number of anilines is 1. The van der Waals surface area contributed by atoms with Gasteiger partial charge in [-0.2, -0.15) is 0 Å². The molecule has 0 saturated heterocycles. The molecule has 19 heavy (non-hydrogen) atoms. The van der Waals surface area contributed by atoms with E-state index in [1.54, 1.807) is 24.3 Å². The van der Waals surface area contributed by atoms with E-state index in [2.05, 4.69) is 5.32 Å². The van der Waals surface area contributed by atoms with Crippen molar-refractivity contribution in [3.05, 3.63) is 30.3 Å². The van der Waals surface area contributed by atoms with Crippen molar-refractivity contribution in [2.45, 2.75) is 38.0 Å². The van der Waals surface area contributed by atoms with E-state index in [9.17, 15) is 14.0 Å². The molecular weight excluding hydrogens is 249 g/mol. The van der Waals surface area contributed by atoms with Crippen LogP contribution in [0, 0.1) is 0 Å². The SMILES string of the molecule is O=C1CCC[C@@H](OC(=O)Nc2ccccc2)[C@H](F)C1. The van der Waals surface area contributed by atoms with Crippen LogP contribution in [0.15, 0.2) is 30.3 Å². The van der Waals surface area contributed by atoms with Gasteiger partial charge in [-0.3, -0.25) is 10.1 Å². The normalized spacial score (nSPS) is 23.5. The second-order valence-corrected chi connectivity index (χ2v) is 4.59. The molecule has 1 aliphatic rings. The number of para-hydroxylation sites is 1. The van der Waals surface area contributed by atoms with E-state index < -0.39 is 18.4 Å². The Morgan fingerprint density at radius 2 is 2.05 bits per heavy atom. The molecule has 0 spiro atoms. The first kappa shape index (κ1) is 13.5. The summed E-state index contributed by atoms with van der Waals surface area (Å²) in [5.41, 5.74) is 0.590. The highest BCUT2D eigenvalue weighted by molar-refractivity contribution is 5.84. The number of carbonyl (C=O) groups excluding carboxylic acids is 2. The van der Waals surface area contributed by atoms with Crippen LogP contribution in [0.1, 0.15) is 25.7 Å². The number of rotatable bonds is 2. The summed E-state index contributed by atoms with van der Waals surface area (Å²) in [5.74, 6) is -0.109. The Morgan fingerprint density at radius 1 is 1.32 bits per heavy atom. The third-order valence-electron chi connectivity index (χ3n) is 3.05. The Balaban J connectivity index is 1.89. The Morgan fingerprint density at radius 3 is 2.79 bits per heavy atom. The number of halogens is 1. The maximum Gasteiger partial charge on any atom is 0.411 e. The van der Waals surface area contributed by atoms with Gasteiger partial charge in [0.2, 0.25) is 0 Å². The fourth-order valence-corrected chi connectivity index (χ4v) is 2.07. The number of nitrogens with one attached hydrogen (secondary N) is 1. The van der Waals surface area contributed by atoms with Crippen molar-refractivity contribution in [1.29, 1.82) is 0 Å². The van der Waals surface area contributed by atoms with Gasteiger partial charge in [-0.25, -0.2) is 9.18 Å². The average Bonchev–Trinajstić information content (AvgIpc) is 2.52. The molecule has 1 N–H and O–H groups in total. The molecule has 0 aliphatic heterocycles. The van der Waals surface area contributed by atoms with Crippen molar-refractivity contribution < 1.29 is 18.7 Å². The third kappa shape index (κ3) is 4.05. The van der Waals surface area contributed by atoms with E-state index in [1.165, 1.54) is 0 Å². The molecule has 0 radical (unpaired) electrons. The van der Waals surface area contributed by atoms with Crippen LogP contribution in [0.3, 0.4) is 0 Å². The van der Waals surface area contributed by atoms with E-state index in [4.69, 9.17) is 4.74 Å². The molecule has 0 unspecified atom stereocenters. The van der Waals surface area contributed by atoms with E-state index in [-0.39, 0.29) is 12.2 Å². The van der Waals surface area contributed by atoms with Gasteiger partial charge in [-0.05, 0) is 25.0 Å². The molecule has 0 bridgehead atoms. The zero-order valence-electron chi connectivity index (χ0n) is 10.5. The number of carbonyl (C=O) groups is 2. The second-order valence-electron chi connectivity index (χ2n) is 4.59. The summed E-state index contributed by atoms with van der Waals surface area (Å²) in [6.07, 6.45) is -1.79. The molecule has 1 saturated carbocycles. The molecule has 4 nitrogen and oxygen atoms in total. The Hall–Kier alpha value is -1.91. The van der Waals surface area contributed by atoms with Crippen molar-refractivity contribution >= 4 is 17.6 Å². The highest BCUT2D eigenvalue weighted by Crippen LogP contribution is 2.21. The van der Waals surface area contributed by atoms with Gasteiger partial charge in [0, 0.05) is 18.5 Å². The van der Waals surface area contributed by atoms with Crippen LogP contribution < -0.4 is 5.32 Å². The van der Waals surface area contributed by atoms with Crippen molar-refractivity contribution in [2.24, 2.45) is 0 Å². The van der Waals surface area contributed by atoms with Gasteiger partial charge in [0.25, 0.3) is 0 Å². The van der Waals surface area contributed by atoms with Crippen molar-refractivity contribution in [2.75, 3.05) is 5.32 Å². The van der Waals surface area contributed by atoms with Crippen LogP contribution in [0.2, 0.25) is 0 Å². The van der Waals surface area contributed by atoms with Gasteiger partial charge in [0.05, 0.1) is 0 Å². The summed E-state index contributed by atoms with van der Waals surface area (Å²) in [5, 5.41) is 2.53. The molecule has 1 fully saturated rings. The number of hydrogen-bond donors (Lipinski definition) is 1. The van der Waals surface area contributed by atoms with Gasteiger partial charge in [-0.15, -0.1) is 0 Å². The summed E-state index contributed by atoms with van der Waals surface area (Å²) >= 11 is 0. The van der Waals surface area contributed by atoms with E-state index >= 15 is 0 Å². The molecule has 5 heteroatoms. The predicted molar refractivity (Wildman–Crippen MR) is 68.7 cm³/mol. The highest BCUT2D eigenvalue weighted by Gasteiger charge is 2.30. The van der Waals surface area contributed by atoms with Crippen LogP contribution >= 0.6 is 0 Å². The number of alkyl halides is 1. The van der Waals surface area contributed by atoms with Crippen LogP contribution in [-0.4, -0.2) is 24.2 Å². The van der Waals surface area contributed by atoms with Crippen LogP contribution in [0.5, 0.6) is 0 Å². The Labute approximate surface area is 110 Å². The lowest BCUT2D eigenvalue weighted by atomic mass is 10.1. The number of ether oxygens (including phenoxy) is 1. The maximum atomic E-state index is 13.7.